The van der Waals surface area contributed by atoms with Crippen molar-refractivity contribution in [3.8, 4) is 0 Å². The van der Waals surface area contributed by atoms with Crippen molar-refractivity contribution in [2.24, 2.45) is 0 Å². The van der Waals surface area contributed by atoms with E-state index >= 15 is 0 Å². The summed E-state index contributed by atoms with van der Waals surface area (Å²) in [6.45, 7) is 7.48. The molecule has 30 heavy (non-hydrogen) atoms. The van der Waals surface area contributed by atoms with Crippen LogP contribution in [-0.2, 0) is 25.0 Å². The van der Waals surface area contributed by atoms with Crippen LogP contribution in [-0.4, -0.2) is 45.3 Å². The number of aryl methyl sites for hydroxylation is 1. The maximum Gasteiger partial charge on any atom is 0.338 e. The van der Waals surface area contributed by atoms with E-state index in [9.17, 15) is 18.0 Å². The van der Waals surface area contributed by atoms with Crippen molar-refractivity contribution < 1.29 is 22.7 Å². The highest BCUT2D eigenvalue weighted by atomic mass is 32.2. The Labute approximate surface area is 178 Å². The monoisotopic (exact) mass is 432 g/mol. The lowest BCUT2D eigenvalue weighted by Gasteiger charge is -2.18. The van der Waals surface area contributed by atoms with Gasteiger partial charge in [-0.05, 0) is 47.7 Å². The summed E-state index contributed by atoms with van der Waals surface area (Å²) in [6, 6.07) is 11.5. The van der Waals surface area contributed by atoms with Crippen LogP contribution < -0.4 is 5.32 Å². The van der Waals surface area contributed by atoms with Gasteiger partial charge in [0.2, 0.25) is 10.0 Å². The molecule has 0 aliphatic carbocycles. The first-order valence-electron chi connectivity index (χ1n) is 9.43. The first-order chi connectivity index (χ1) is 13.8. The van der Waals surface area contributed by atoms with Crippen molar-refractivity contribution in [2.75, 3.05) is 26.0 Å². The van der Waals surface area contributed by atoms with Gasteiger partial charge in [-0.3, -0.25) is 4.79 Å². The Morgan fingerprint density at radius 2 is 1.63 bits per heavy atom. The van der Waals surface area contributed by atoms with Gasteiger partial charge in [-0.1, -0.05) is 39.0 Å². The number of carbonyl (C=O) groups is 2. The summed E-state index contributed by atoms with van der Waals surface area (Å²) >= 11 is 0. The van der Waals surface area contributed by atoms with Crippen LogP contribution in [0.5, 0.6) is 0 Å². The normalized spacial score (nSPS) is 12.0. The summed E-state index contributed by atoms with van der Waals surface area (Å²) in [5.41, 5.74) is 2.43. The summed E-state index contributed by atoms with van der Waals surface area (Å²) in [6.07, 6.45) is 0. The highest BCUT2D eigenvalue weighted by molar-refractivity contribution is 7.89. The molecule has 162 valence electrons. The molecule has 0 fully saturated rings. The van der Waals surface area contributed by atoms with Crippen molar-refractivity contribution >= 4 is 27.6 Å². The Morgan fingerprint density at radius 1 is 1.03 bits per heavy atom. The first kappa shape index (κ1) is 23.6. The van der Waals surface area contributed by atoms with E-state index in [0.717, 1.165) is 9.87 Å². The van der Waals surface area contributed by atoms with E-state index in [4.69, 9.17) is 4.74 Å². The topological polar surface area (TPSA) is 92.8 Å². The quantitative estimate of drug-likeness (QED) is 0.707. The second kappa shape index (κ2) is 8.97. The molecule has 1 amide bonds. The van der Waals surface area contributed by atoms with E-state index in [1.54, 1.807) is 25.1 Å². The van der Waals surface area contributed by atoms with Gasteiger partial charge in [0.1, 0.15) is 0 Å². The zero-order valence-electron chi connectivity index (χ0n) is 18.1. The van der Waals surface area contributed by atoms with Crippen molar-refractivity contribution in [2.45, 2.75) is 38.0 Å². The molecule has 7 nitrogen and oxygen atoms in total. The van der Waals surface area contributed by atoms with Crippen molar-refractivity contribution in [1.29, 1.82) is 0 Å². The Bertz CT molecular complexity index is 1040. The van der Waals surface area contributed by atoms with E-state index in [1.807, 2.05) is 12.1 Å². The number of ether oxygens (including phenoxy) is 1. The van der Waals surface area contributed by atoms with Gasteiger partial charge in [-0.15, -0.1) is 0 Å². The van der Waals surface area contributed by atoms with Gasteiger partial charge in [0.25, 0.3) is 5.91 Å². The SMILES string of the molecule is Cc1ccc(S(=O)(=O)N(C)C)cc1NC(=O)COC(=O)c1ccc(C(C)(C)C)cc1. The second-order valence-electron chi connectivity index (χ2n) is 8.22. The molecule has 0 bridgehead atoms. The van der Waals surface area contributed by atoms with Gasteiger partial charge in [0, 0.05) is 19.8 Å². The number of esters is 1. The van der Waals surface area contributed by atoms with Gasteiger partial charge < -0.3 is 10.1 Å². The molecule has 0 aliphatic rings. The summed E-state index contributed by atoms with van der Waals surface area (Å²) in [5.74, 6) is -1.16. The number of anilines is 1. The van der Waals surface area contributed by atoms with Crippen LogP contribution in [0.3, 0.4) is 0 Å². The number of sulfonamides is 1. The molecule has 0 heterocycles. The molecule has 0 radical (unpaired) electrons. The molecule has 0 saturated heterocycles. The molecule has 0 unspecified atom stereocenters. The van der Waals surface area contributed by atoms with E-state index in [2.05, 4.69) is 26.1 Å². The van der Waals surface area contributed by atoms with Crippen molar-refractivity contribution in [3.63, 3.8) is 0 Å². The third-order valence-corrected chi connectivity index (χ3v) is 6.39. The van der Waals surface area contributed by atoms with Crippen LogP contribution in [0.15, 0.2) is 47.4 Å². The minimum atomic E-state index is -3.63. The molecule has 8 heteroatoms. The molecular weight excluding hydrogens is 404 g/mol. The van der Waals surface area contributed by atoms with Gasteiger partial charge in [0.05, 0.1) is 10.5 Å². The lowest BCUT2D eigenvalue weighted by molar-refractivity contribution is -0.119. The van der Waals surface area contributed by atoms with Crippen LogP contribution in [0.25, 0.3) is 0 Å². The predicted octanol–water partition coefficient (Wildman–Crippen LogP) is 3.34. The third kappa shape index (κ3) is 5.67. The fraction of sp³-hybridized carbons (Fsp3) is 0.364. The van der Waals surface area contributed by atoms with Crippen LogP contribution in [0.2, 0.25) is 0 Å². The molecule has 2 aromatic carbocycles. The maximum atomic E-state index is 12.3. The highest BCUT2D eigenvalue weighted by Gasteiger charge is 2.19. The standard InChI is InChI=1S/C22H28N2O5S/c1-15-7-12-18(30(27,28)24(5)6)13-19(15)23-20(25)14-29-21(26)16-8-10-17(11-9-16)22(2,3)4/h7-13H,14H2,1-6H3,(H,23,25). The largest absolute Gasteiger partial charge is 0.452 e. The molecule has 2 aromatic rings. The summed E-state index contributed by atoms with van der Waals surface area (Å²) < 4.78 is 30.7. The highest BCUT2D eigenvalue weighted by Crippen LogP contribution is 2.23. The lowest BCUT2D eigenvalue weighted by atomic mass is 9.87. The number of carbonyl (C=O) groups excluding carboxylic acids is 2. The summed E-state index contributed by atoms with van der Waals surface area (Å²) in [5, 5.41) is 2.60. The minimum Gasteiger partial charge on any atom is -0.452 e. The summed E-state index contributed by atoms with van der Waals surface area (Å²) in [7, 11) is -0.768. The molecule has 0 aromatic heterocycles. The smallest absolute Gasteiger partial charge is 0.338 e. The number of hydrogen-bond donors (Lipinski definition) is 1. The minimum absolute atomic E-state index is 0.0330. The molecule has 0 aliphatic heterocycles. The van der Waals surface area contributed by atoms with E-state index in [0.29, 0.717) is 16.8 Å². The molecule has 1 N–H and O–H groups in total. The molecule has 0 spiro atoms. The van der Waals surface area contributed by atoms with Gasteiger partial charge in [0.15, 0.2) is 6.61 Å². The van der Waals surface area contributed by atoms with Crippen LogP contribution in [0, 0.1) is 6.92 Å². The zero-order valence-corrected chi connectivity index (χ0v) is 19.0. The second-order valence-corrected chi connectivity index (χ2v) is 10.4. The maximum absolute atomic E-state index is 12.3. The average molecular weight is 433 g/mol. The molecule has 0 saturated carbocycles. The van der Waals surface area contributed by atoms with Crippen LogP contribution in [0.4, 0.5) is 5.69 Å². The molecule has 0 atom stereocenters. The van der Waals surface area contributed by atoms with Gasteiger partial charge >= 0.3 is 5.97 Å². The van der Waals surface area contributed by atoms with Crippen LogP contribution >= 0.6 is 0 Å². The van der Waals surface area contributed by atoms with Gasteiger partial charge in [-0.2, -0.15) is 0 Å². The summed E-state index contributed by atoms with van der Waals surface area (Å²) in [4.78, 5) is 24.5. The lowest BCUT2D eigenvalue weighted by Crippen LogP contribution is -2.23. The Balaban J connectivity index is 2.03. The number of hydrogen-bond acceptors (Lipinski definition) is 5. The Kier molecular flexibility index (Phi) is 7.05. The zero-order chi connectivity index (χ0) is 22.7. The van der Waals surface area contributed by atoms with Crippen LogP contribution in [0.1, 0.15) is 42.3 Å². The first-order valence-corrected chi connectivity index (χ1v) is 10.9. The number of rotatable bonds is 6. The Morgan fingerprint density at radius 3 is 2.17 bits per heavy atom. The number of nitrogens with zero attached hydrogens (tertiary/aromatic N) is 1. The fourth-order valence-electron chi connectivity index (χ4n) is 2.61. The van der Waals surface area contributed by atoms with Gasteiger partial charge in [-0.25, -0.2) is 17.5 Å². The van der Waals surface area contributed by atoms with Crippen molar-refractivity contribution in [3.05, 3.63) is 59.2 Å². The average Bonchev–Trinajstić information content (AvgIpc) is 2.67. The number of benzene rings is 2. The van der Waals surface area contributed by atoms with E-state index in [-0.39, 0.29) is 10.3 Å². The van der Waals surface area contributed by atoms with E-state index < -0.39 is 28.5 Å². The predicted molar refractivity (Wildman–Crippen MR) is 116 cm³/mol. The van der Waals surface area contributed by atoms with Crippen molar-refractivity contribution in [1.82, 2.24) is 4.31 Å². The number of amides is 1. The Hall–Kier alpha value is -2.71. The fourth-order valence-corrected chi connectivity index (χ4v) is 3.54. The number of nitrogens with one attached hydrogen (secondary N) is 1. The molecule has 2 rings (SSSR count). The molecular formula is C22H28N2O5S. The third-order valence-electron chi connectivity index (χ3n) is 4.58. The van der Waals surface area contributed by atoms with E-state index in [1.165, 1.54) is 26.2 Å².